The number of rotatable bonds is 8. The number of amides is 1. The first-order valence-corrected chi connectivity index (χ1v) is 10.2. The summed E-state index contributed by atoms with van der Waals surface area (Å²) in [4.78, 5) is 16.6. The lowest BCUT2D eigenvalue weighted by Gasteiger charge is -2.25. The molecule has 1 N–H and O–H groups in total. The third-order valence-corrected chi connectivity index (χ3v) is 5.15. The maximum absolute atomic E-state index is 12.2. The lowest BCUT2D eigenvalue weighted by atomic mass is 9.97. The second kappa shape index (κ2) is 9.43. The van der Waals surface area contributed by atoms with Gasteiger partial charge in [-0.15, -0.1) is 0 Å². The van der Waals surface area contributed by atoms with E-state index < -0.39 is 0 Å². The Balaban J connectivity index is 1.18. The molecule has 1 unspecified atom stereocenters. The number of benzene rings is 2. The first-order valence-electron chi connectivity index (χ1n) is 10.2. The summed E-state index contributed by atoms with van der Waals surface area (Å²) in [6.07, 6.45) is 2.56. The minimum atomic E-state index is 0.0313. The second-order valence-electron chi connectivity index (χ2n) is 7.39. The molecule has 1 amide bonds. The summed E-state index contributed by atoms with van der Waals surface area (Å²) in [6.45, 7) is 1.25. The quantitative estimate of drug-likeness (QED) is 0.616. The molecule has 7 heteroatoms. The van der Waals surface area contributed by atoms with Gasteiger partial charge >= 0.3 is 0 Å². The normalized spacial score (nSPS) is 15.2. The van der Waals surface area contributed by atoms with Gasteiger partial charge in [-0.1, -0.05) is 23.4 Å². The van der Waals surface area contributed by atoms with Crippen LogP contribution < -0.4 is 14.8 Å². The van der Waals surface area contributed by atoms with Crippen molar-refractivity contribution in [1.82, 2.24) is 15.5 Å². The first-order chi connectivity index (χ1) is 14.7. The zero-order valence-corrected chi connectivity index (χ0v) is 17.0. The lowest BCUT2D eigenvalue weighted by molar-refractivity contribution is -0.121. The molecule has 1 aromatic heterocycles. The van der Waals surface area contributed by atoms with Gasteiger partial charge in [0.2, 0.25) is 17.6 Å². The first kappa shape index (κ1) is 19.9. The summed E-state index contributed by atoms with van der Waals surface area (Å²) >= 11 is 0. The fourth-order valence-electron chi connectivity index (χ4n) is 3.48. The summed E-state index contributed by atoms with van der Waals surface area (Å²) in [5.74, 6) is 3.13. The Morgan fingerprint density at radius 2 is 2.03 bits per heavy atom. The Kier molecular flexibility index (Phi) is 6.27. The van der Waals surface area contributed by atoms with Crippen molar-refractivity contribution in [3.05, 3.63) is 60.0 Å². The highest BCUT2D eigenvalue weighted by Gasteiger charge is 2.20. The van der Waals surface area contributed by atoms with Crippen molar-refractivity contribution in [3.63, 3.8) is 0 Å². The van der Waals surface area contributed by atoms with E-state index in [9.17, 15) is 4.79 Å². The van der Waals surface area contributed by atoms with Gasteiger partial charge in [0, 0.05) is 30.9 Å². The van der Waals surface area contributed by atoms with Gasteiger partial charge < -0.3 is 19.3 Å². The fourth-order valence-corrected chi connectivity index (χ4v) is 3.48. The van der Waals surface area contributed by atoms with Crippen LogP contribution in [0.25, 0.3) is 11.4 Å². The molecule has 0 radical (unpaired) electrons. The van der Waals surface area contributed by atoms with Crippen LogP contribution in [0.3, 0.4) is 0 Å². The van der Waals surface area contributed by atoms with Crippen LogP contribution in [0.2, 0.25) is 0 Å². The van der Waals surface area contributed by atoms with Crippen molar-refractivity contribution in [3.8, 4) is 22.9 Å². The number of carbonyl (C=O) groups is 1. The third kappa shape index (κ3) is 4.97. The number of hydrogen-bond donors (Lipinski definition) is 1. The van der Waals surface area contributed by atoms with E-state index in [1.807, 2.05) is 42.5 Å². The number of ether oxygens (including phenoxy) is 2. The average molecular weight is 407 g/mol. The van der Waals surface area contributed by atoms with Gasteiger partial charge in [-0.2, -0.15) is 4.98 Å². The minimum Gasteiger partial charge on any atom is -0.497 e. The Hall–Kier alpha value is -3.35. The molecule has 3 aromatic rings. The van der Waals surface area contributed by atoms with E-state index in [1.54, 1.807) is 7.11 Å². The number of nitrogens with zero attached hydrogens (tertiary/aromatic N) is 2. The van der Waals surface area contributed by atoms with Crippen LogP contribution >= 0.6 is 0 Å². The predicted octanol–water partition coefficient (Wildman–Crippen LogP) is 3.44. The van der Waals surface area contributed by atoms with E-state index in [0.29, 0.717) is 50.0 Å². The number of methoxy groups -OCH3 is 1. The zero-order chi connectivity index (χ0) is 20.8. The van der Waals surface area contributed by atoms with Crippen molar-refractivity contribution in [2.75, 3.05) is 20.3 Å². The number of para-hydroxylation sites is 1. The van der Waals surface area contributed by atoms with E-state index in [1.165, 1.54) is 5.56 Å². The monoisotopic (exact) mass is 407 g/mol. The molecule has 30 heavy (non-hydrogen) atoms. The van der Waals surface area contributed by atoms with Crippen LogP contribution in [0.5, 0.6) is 11.5 Å². The molecule has 0 fully saturated rings. The predicted molar refractivity (Wildman–Crippen MR) is 111 cm³/mol. The maximum atomic E-state index is 12.2. The van der Waals surface area contributed by atoms with Gasteiger partial charge in [-0.3, -0.25) is 4.79 Å². The molecule has 7 nitrogen and oxygen atoms in total. The Labute approximate surface area is 175 Å². The van der Waals surface area contributed by atoms with Crippen LogP contribution in [0.4, 0.5) is 0 Å². The standard InChI is InChI=1S/C23H25N3O4/c1-28-19-11-9-17(10-12-19)23-25-22(30-26-23)8-4-7-21(27)24-14-16-13-18-5-2-3-6-20(18)29-15-16/h2-3,5-6,9-12,16H,4,7-8,13-15H2,1H3,(H,24,27). The van der Waals surface area contributed by atoms with Gasteiger partial charge in [-0.25, -0.2) is 0 Å². The highest BCUT2D eigenvalue weighted by atomic mass is 16.5. The Morgan fingerprint density at radius 1 is 1.20 bits per heavy atom. The SMILES string of the molecule is COc1ccc(-c2noc(CCCC(=O)NCC3COc4ccccc4C3)n2)cc1. The van der Waals surface area contributed by atoms with Crippen molar-refractivity contribution in [2.45, 2.75) is 25.7 Å². The minimum absolute atomic E-state index is 0.0313. The molecule has 1 aliphatic heterocycles. The molecular weight excluding hydrogens is 382 g/mol. The summed E-state index contributed by atoms with van der Waals surface area (Å²) in [5.41, 5.74) is 2.06. The number of hydrogen-bond acceptors (Lipinski definition) is 6. The van der Waals surface area contributed by atoms with E-state index >= 15 is 0 Å². The second-order valence-corrected chi connectivity index (χ2v) is 7.39. The largest absolute Gasteiger partial charge is 0.497 e. The molecule has 0 saturated heterocycles. The van der Waals surface area contributed by atoms with Gasteiger partial charge in [0.1, 0.15) is 11.5 Å². The van der Waals surface area contributed by atoms with E-state index in [-0.39, 0.29) is 5.91 Å². The molecule has 1 aliphatic rings. The summed E-state index contributed by atoms with van der Waals surface area (Å²) in [6, 6.07) is 15.5. The summed E-state index contributed by atoms with van der Waals surface area (Å²) in [7, 11) is 1.62. The molecule has 1 atom stereocenters. The van der Waals surface area contributed by atoms with E-state index in [0.717, 1.165) is 23.5 Å². The van der Waals surface area contributed by atoms with E-state index in [2.05, 4.69) is 21.5 Å². The lowest BCUT2D eigenvalue weighted by Crippen LogP contribution is -2.34. The van der Waals surface area contributed by atoms with Crippen molar-refractivity contribution < 1.29 is 18.8 Å². The van der Waals surface area contributed by atoms with Crippen molar-refractivity contribution in [1.29, 1.82) is 0 Å². The van der Waals surface area contributed by atoms with Gasteiger partial charge in [-0.05, 0) is 48.7 Å². The van der Waals surface area contributed by atoms with Gasteiger partial charge in [0.05, 0.1) is 13.7 Å². The Bertz CT molecular complexity index is 984. The number of carbonyl (C=O) groups excluding carboxylic acids is 1. The highest BCUT2D eigenvalue weighted by molar-refractivity contribution is 5.75. The summed E-state index contributed by atoms with van der Waals surface area (Å²) < 4.78 is 16.2. The van der Waals surface area contributed by atoms with Gasteiger partial charge in [0.15, 0.2) is 0 Å². The van der Waals surface area contributed by atoms with Crippen LogP contribution in [0.1, 0.15) is 24.3 Å². The average Bonchev–Trinajstić information content (AvgIpc) is 3.26. The number of aryl methyl sites for hydroxylation is 1. The van der Waals surface area contributed by atoms with Crippen LogP contribution in [0.15, 0.2) is 53.1 Å². The summed E-state index contributed by atoms with van der Waals surface area (Å²) in [5, 5.41) is 7.03. The molecule has 0 spiro atoms. The molecule has 156 valence electrons. The van der Waals surface area contributed by atoms with Gasteiger partial charge in [0.25, 0.3) is 0 Å². The molecule has 2 heterocycles. The van der Waals surface area contributed by atoms with Crippen LogP contribution in [-0.2, 0) is 17.6 Å². The smallest absolute Gasteiger partial charge is 0.226 e. The molecule has 4 rings (SSSR count). The van der Waals surface area contributed by atoms with Crippen molar-refractivity contribution in [2.24, 2.45) is 5.92 Å². The third-order valence-electron chi connectivity index (χ3n) is 5.15. The molecule has 0 saturated carbocycles. The number of fused-ring (bicyclic) bond motifs is 1. The Morgan fingerprint density at radius 3 is 2.87 bits per heavy atom. The number of aromatic nitrogens is 2. The fraction of sp³-hybridized carbons (Fsp3) is 0.348. The molecule has 0 bridgehead atoms. The van der Waals surface area contributed by atoms with Crippen LogP contribution in [-0.4, -0.2) is 36.3 Å². The topological polar surface area (TPSA) is 86.5 Å². The molecule has 0 aliphatic carbocycles. The van der Waals surface area contributed by atoms with E-state index in [4.69, 9.17) is 14.0 Å². The van der Waals surface area contributed by atoms with Crippen molar-refractivity contribution >= 4 is 5.91 Å². The number of nitrogens with one attached hydrogen (secondary N) is 1. The highest BCUT2D eigenvalue weighted by Crippen LogP contribution is 2.26. The van der Waals surface area contributed by atoms with Crippen LogP contribution in [0, 0.1) is 5.92 Å². The molecule has 2 aromatic carbocycles. The molecular formula is C23H25N3O4. The zero-order valence-electron chi connectivity index (χ0n) is 17.0. The maximum Gasteiger partial charge on any atom is 0.226 e.